The van der Waals surface area contributed by atoms with Crippen LogP contribution in [0.25, 0.3) is 0 Å². The van der Waals surface area contributed by atoms with Gasteiger partial charge in [0.2, 0.25) is 0 Å². The van der Waals surface area contributed by atoms with Gasteiger partial charge in [-0.1, -0.05) is 12.1 Å². The average molecular weight is 343 g/mol. The Bertz CT molecular complexity index is 752. The van der Waals surface area contributed by atoms with Gasteiger partial charge in [0, 0.05) is 0 Å². The van der Waals surface area contributed by atoms with E-state index in [1.165, 1.54) is 0 Å². The van der Waals surface area contributed by atoms with Gasteiger partial charge in [0.05, 0.1) is 7.11 Å². The second kappa shape index (κ2) is 7.57. The minimum atomic E-state index is -1.00. The summed E-state index contributed by atoms with van der Waals surface area (Å²) in [5.41, 5.74) is 10.4. The van der Waals surface area contributed by atoms with Crippen LogP contribution in [0.4, 0.5) is 0 Å². The molecule has 0 amide bonds. The van der Waals surface area contributed by atoms with Crippen LogP contribution in [0.2, 0.25) is 0 Å². The lowest BCUT2D eigenvalue weighted by atomic mass is 10.0. The number of methoxy groups -OCH3 is 1. The molecule has 0 fully saturated rings. The number of carbonyl (C=O) groups is 1. The molecule has 0 aliphatic heterocycles. The topological polar surface area (TPSA) is 81.8 Å². The van der Waals surface area contributed by atoms with Crippen LogP contribution in [-0.4, -0.2) is 24.2 Å². The third kappa shape index (κ3) is 4.31. The van der Waals surface area contributed by atoms with E-state index in [4.69, 9.17) is 20.3 Å². The maximum atomic E-state index is 10.9. The van der Waals surface area contributed by atoms with Crippen LogP contribution in [-0.2, 0) is 11.2 Å². The molecule has 1 atom stereocenters. The standard InChI is InChI=1S/C20H25NO4/c1-11-6-15(10-17(21)20(22)23)7-12(2)19(11)25-16-8-13(3)18(24-5)14(4)9-16/h6-9,17H,10,21H2,1-5H3,(H,22,23). The second-order valence-corrected chi connectivity index (χ2v) is 6.40. The van der Waals surface area contributed by atoms with Crippen LogP contribution in [0.5, 0.6) is 17.2 Å². The summed E-state index contributed by atoms with van der Waals surface area (Å²) in [7, 11) is 1.66. The summed E-state index contributed by atoms with van der Waals surface area (Å²) < 4.78 is 11.5. The molecule has 0 radical (unpaired) electrons. The molecule has 0 spiro atoms. The summed E-state index contributed by atoms with van der Waals surface area (Å²) in [4.78, 5) is 10.9. The normalized spacial score (nSPS) is 11.9. The number of nitrogens with two attached hydrogens (primary N) is 1. The predicted molar refractivity (Wildman–Crippen MR) is 97.8 cm³/mol. The van der Waals surface area contributed by atoms with Crippen molar-refractivity contribution >= 4 is 5.97 Å². The molecular formula is C20H25NO4. The van der Waals surface area contributed by atoms with Gasteiger partial charge in [0.15, 0.2) is 0 Å². The van der Waals surface area contributed by atoms with Crippen molar-refractivity contribution in [3.63, 3.8) is 0 Å². The van der Waals surface area contributed by atoms with Crippen molar-refractivity contribution in [1.29, 1.82) is 0 Å². The molecule has 5 nitrogen and oxygen atoms in total. The molecule has 2 aromatic rings. The molecule has 0 aliphatic carbocycles. The molecule has 134 valence electrons. The largest absolute Gasteiger partial charge is 0.496 e. The molecule has 0 aromatic heterocycles. The van der Waals surface area contributed by atoms with Gasteiger partial charge in [-0.05, 0) is 74.1 Å². The van der Waals surface area contributed by atoms with Crippen LogP contribution < -0.4 is 15.2 Å². The number of ether oxygens (including phenoxy) is 2. The van der Waals surface area contributed by atoms with Crippen molar-refractivity contribution in [1.82, 2.24) is 0 Å². The first-order valence-electron chi connectivity index (χ1n) is 8.14. The second-order valence-electron chi connectivity index (χ2n) is 6.40. The van der Waals surface area contributed by atoms with Crippen molar-refractivity contribution < 1.29 is 19.4 Å². The van der Waals surface area contributed by atoms with Gasteiger partial charge >= 0.3 is 5.97 Å². The Morgan fingerprint density at radius 1 is 1.00 bits per heavy atom. The van der Waals surface area contributed by atoms with E-state index in [1.54, 1.807) is 7.11 Å². The molecule has 5 heteroatoms. The summed E-state index contributed by atoms with van der Waals surface area (Å²) in [5.74, 6) is 1.38. The molecule has 25 heavy (non-hydrogen) atoms. The van der Waals surface area contributed by atoms with E-state index in [2.05, 4.69) is 0 Å². The molecule has 0 saturated heterocycles. The van der Waals surface area contributed by atoms with Gasteiger partial charge in [0.1, 0.15) is 23.3 Å². The van der Waals surface area contributed by atoms with Crippen LogP contribution >= 0.6 is 0 Å². The summed E-state index contributed by atoms with van der Waals surface area (Å²) >= 11 is 0. The van der Waals surface area contributed by atoms with Crippen molar-refractivity contribution in [3.05, 3.63) is 52.1 Å². The van der Waals surface area contributed by atoms with Crippen molar-refractivity contribution in [2.45, 2.75) is 40.2 Å². The van der Waals surface area contributed by atoms with Gasteiger partial charge in [0.25, 0.3) is 0 Å². The van der Waals surface area contributed by atoms with Gasteiger partial charge < -0.3 is 20.3 Å². The lowest BCUT2D eigenvalue weighted by Crippen LogP contribution is -2.32. The highest BCUT2D eigenvalue weighted by Gasteiger charge is 2.15. The number of aliphatic carboxylic acids is 1. The summed E-state index contributed by atoms with van der Waals surface area (Å²) in [6.45, 7) is 7.85. The maximum Gasteiger partial charge on any atom is 0.320 e. The highest BCUT2D eigenvalue weighted by Crippen LogP contribution is 2.34. The summed E-state index contributed by atoms with van der Waals surface area (Å²) in [6, 6.07) is 6.83. The van der Waals surface area contributed by atoms with Gasteiger partial charge in [-0.25, -0.2) is 0 Å². The molecule has 3 N–H and O–H groups in total. The third-order valence-corrected chi connectivity index (χ3v) is 4.15. The zero-order chi connectivity index (χ0) is 18.7. The number of hydrogen-bond donors (Lipinski definition) is 2. The minimum Gasteiger partial charge on any atom is -0.496 e. The number of benzene rings is 2. The molecule has 1 unspecified atom stereocenters. The van der Waals surface area contributed by atoms with Crippen molar-refractivity contribution in [3.8, 4) is 17.2 Å². The zero-order valence-corrected chi connectivity index (χ0v) is 15.3. The Hall–Kier alpha value is -2.53. The van der Waals surface area contributed by atoms with E-state index in [9.17, 15) is 4.79 Å². The lowest BCUT2D eigenvalue weighted by Gasteiger charge is -2.17. The van der Waals surface area contributed by atoms with Crippen LogP contribution in [0.15, 0.2) is 24.3 Å². The zero-order valence-electron chi connectivity index (χ0n) is 15.3. The Balaban J connectivity index is 2.30. The number of hydrogen-bond acceptors (Lipinski definition) is 4. The van der Waals surface area contributed by atoms with Gasteiger partial charge in [-0.3, -0.25) is 4.79 Å². The van der Waals surface area contributed by atoms with Crippen LogP contribution in [0, 0.1) is 27.7 Å². The van der Waals surface area contributed by atoms with Crippen molar-refractivity contribution in [2.75, 3.05) is 7.11 Å². The lowest BCUT2D eigenvalue weighted by molar-refractivity contribution is -0.138. The Morgan fingerprint density at radius 2 is 1.48 bits per heavy atom. The van der Waals surface area contributed by atoms with E-state index in [-0.39, 0.29) is 6.42 Å². The maximum absolute atomic E-state index is 10.9. The van der Waals surface area contributed by atoms with E-state index >= 15 is 0 Å². The molecule has 0 saturated carbocycles. The molecule has 0 bridgehead atoms. The Morgan fingerprint density at radius 3 is 1.92 bits per heavy atom. The van der Waals surface area contributed by atoms with E-state index in [0.29, 0.717) is 0 Å². The number of carboxylic acid groups (broad SMARTS) is 1. The molecule has 0 heterocycles. The predicted octanol–water partition coefficient (Wildman–Crippen LogP) is 3.68. The first-order chi connectivity index (χ1) is 11.7. The third-order valence-electron chi connectivity index (χ3n) is 4.15. The smallest absolute Gasteiger partial charge is 0.320 e. The molecule has 2 rings (SSSR count). The fraction of sp³-hybridized carbons (Fsp3) is 0.350. The van der Waals surface area contributed by atoms with E-state index in [1.807, 2.05) is 52.0 Å². The minimum absolute atomic E-state index is 0.290. The summed E-state index contributed by atoms with van der Waals surface area (Å²) in [6.07, 6.45) is 0.290. The fourth-order valence-electron chi connectivity index (χ4n) is 3.07. The molecule has 0 aliphatic rings. The molecule has 2 aromatic carbocycles. The number of rotatable bonds is 6. The highest BCUT2D eigenvalue weighted by atomic mass is 16.5. The van der Waals surface area contributed by atoms with E-state index in [0.717, 1.165) is 45.1 Å². The number of carboxylic acids is 1. The SMILES string of the molecule is COc1c(C)cc(Oc2c(C)cc(CC(N)C(=O)O)cc2C)cc1C. The first kappa shape index (κ1) is 18.8. The Labute approximate surface area is 148 Å². The van der Waals surface area contributed by atoms with Crippen molar-refractivity contribution in [2.24, 2.45) is 5.73 Å². The van der Waals surface area contributed by atoms with Crippen LogP contribution in [0.1, 0.15) is 27.8 Å². The molecular weight excluding hydrogens is 318 g/mol. The van der Waals surface area contributed by atoms with Gasteiger partial charge in [-0.2, -0.15) is 0 Å². The monoisotopic (exact) mass is 343 g/mol. The quantitative estimate of drug-likeness (QED) is 0.836. The number of aryl methyl sites for hydroxylation is 4. The first-order valence-corrected chi connectivity index (χ1v) is 8.14. The highest BCUT2D eigenvalue weighted by molar-refractivity contribution is 5.73. The Kier molecular flexibility index (Phi) is 5.69. The average Bonchev–Trinajstić information content (AvgIpc) is 2.50. The fourth-order valence-corrected chi connectivity index (χ4v) is 3.07. The summed E-state index contributed by atoms with van der Waals surface area (Å²) in [5, 5.41) is 8.97. The van der Waals surface area contributed by atoms with E-state index < -0.39 is 12.0 Å². The van der Waals surface area contributed by atoms with Gasteiger partial charge in [-0.15, -0.1) is 0 Å². The van der Waals surface area contributed by atoms with Crippen LogP contribution in [0.3, 0.4) is 0 Å².